The fourth-order valence-corrected chi connectivity index (χ4v) is 2.38. The molecule has 0 spiro atoms. The summed E-state index contributed by atoms with van der Waals surface area (Å²) < 4.78 is 0. The lowest BCUT2D eigenvalue weighted by atomic mass is 9.97. The molecule has 0 aromatic rings. The fourth-order valence-electron chi connectivity index (χ4n) is 2.38. The van der Waals surface area contributed by atoms with E-state index in [1.807, 2.05) is 4.90 Å². The van der Waals surface area contributed by atoms with E-state index in [4.69, 9.17) is 0 Å². The van der Waals surface area contributed by atoms with Crippen molar-refractivity contribution in [3.05, 3.63) is 11.6 Å². The Morgan fingerprint density at radius 3 is 2.88 bits per heavy atom. The van der Waals surface area contributed by atoms with Crippen LogP contribution in [0.4, 0.5) is 0 Å². The summed E-state index contributed by atoms with van der Waals surface area (Å²) >= 11 is 0. The summed E-state index contributed by atoms with van der Waals surface area (Å²) in [6.45, 7) is 1.50. The van der Waals surface area contributed by atoms with Crippen LogP contribution in [0, 0.1) is 0 Å². The number of nitrogens with one attached hydrogen (secondary N) is 1. The summed E-state index contributed by atoms with van der Waals surface area (Å²) in [6.07, 6.45) is 8.66. The van der Waals surface area contributed by atoms with Crippen molar-refractivity contribution < 1.29 is 9.59 Å². The van der Waals surface area contributed by atoms with Crippen molar-refractivity contribution in [3.63, 3.8) is 0 Å². The van der Waals surface area contributed by atoms with Gasteiger partial charge in [-0.3, -0.25) is 9.59 Å². The van der Waals surface area contributed by atoms with Crippen molar-refractivity contribution in [1.82, 2.24) is 10.2 Å². The van der Waals surface area contributed by atoms with Crippen molar-refractivity contribution in [1.29, 1.82) is 0 Å². The molecule has 2 amide bonds. The molecule has 2 rings (SSSR count). The molecule has 2 aliphatic rings. The van der Waals surface area contributed by atoms with Crippen LogP contribution in [0.3, 0.4) is 0 Å². The van der Waals surface area contributed by atoms with Gasteiger partial charge in [-0.05, 0) is 32.1 Å². The van der Waals surface area contributed by atoms with Gasteiger partial charge in [-0.1, -0.05) is 11.6 Å². The maximum atomic E-state index is 11.7. The molecule has 1 N–H and O–H groups in total. The van der Waals surface area contributed by atoms with Crippen molar-refractivity contribution >= 4 is 11.8 Å². The molecule has 1 heterocycles. The first kappa shape index (κ1) is 12.1. The van der Waals surface area contributed by atoms with Crippen LogP contribution in [0.25, 0.3) is 0 Å². The van der Waals surface area contributed by atoms with Crippen LogP contribution in [-0.4, -0.2) is 36.3 Å². The van der Waals surface area contributed by atoms with Gasteiger partial charge in [0.1, 0.15) is 0 Å². The van der Waals surface area contributed by atoms with Gasteiger partial charge in [-0.25, -0.2) is 0 Å². The van der Waals surface area contributed by atoms with Crippen molar-refractivity contribution in [2.75, 3.05) is 19.6 Å². The molecular formula is C13H20N2O2. The lowest BCUT2D eigenvalue weighted by Crippen LogP contribution is -2.36. The lowest BCUT2D eigenvalue weighted by molar-refractivity contribution is -0.130. The Morgan fingerprint density at radius 2 is 2.12 bits per heavy atom. The second kappa shape index (κ2) is 5.84. The van der Waals surface area contributed by atoms with Crippen LogP contribution < -0.4 is 5.32 Å². The maximum Gasteiger partial charge on any atom is 0.241 e. The van der Waals surface area contributed by atoms with Crippen molar-refractivity contribution in [2.45, 2.75) is 38.5 Å². The fraction of sp³-hybridized carbons (Fsp3) is 0.692. The highest BCUT2D eigenvalue weighted by atomic mass is 16.2. The van der Waals surface area contributed by atoms with Gasteiger partial charge in [0.25, 0.3) is 0 Å². The molecule has 0 radical (unpaired) electrons. The molecule has 1 aliphatic heterocycles. The highest BCUT2D eigenvalue weighted by Gasteiger charge is 2.19. The summed E-state index contributed by atoms with van der Waals surface area (Å²) in [5, 5.41) is 2.62. The van der Waals surface area contributed by atoms with E-state index in [0.717, 1.165) is 13.0 Å². The predicted molar refractivity (Wildman–Crippen MR) is 65.4 cm³/mol. The Kier molecular flexibility index (Phi) is 4.18. The first-order valence-corrected chi connectivity index (χ1v) is 6.48. The van der Waals surface area contributed by atoms with Gasteiger partial charge >= 0.3 is 0 Å². The average molecular weight is 236 g/mol. The summed E-state index contributed by atoms with van der Waals surface area (Å²) in [7, 11) is 0. The number of rotatable bonds is 3. The monoisotopic (exact) mass is 236 g/mol. The molecule has 4 heteroatoms. The molecule has 0 aromatic carbocycles. The SMILES string of the molecule is O=C1CCN(CCC2=CCCCC2)C(=O)CN1. The first-order valence-electron chi connectivity index (χ1n) is 6.48. The van der Waals surface area contributed by atoms with Crippen LogP contribution >= 0.6 is 0 Å². The molecule has 0 unspecified atom stereocenters. The number of hydrogen-bond donors (Lipinski definition) is 1. The van der Waals surface area contributed by atoms with Gasteiger partial charge in [0.05, 0.1) is 6.54 Å². The van der Waals surface area contributed by atoms with Crippen LogP contribution in [0.1, 0.15) is 38.5 Å². The number of carbonyl (C=O) groups is 2. The molecule has 0 saturated carbocycles. The van der Waals surface area contributed by atoms with E-state index in [0.29, 0.717) is 13.0 Å². The van der Waals surface area contributed by atoms with Gasteiger partial charge in [0, 0.05) is 19.5 Å². The van der Waals surface area contributed by atoms with Crippen molar-refractivity contribution in [2.24, 2.45) is 0 Å². The highest BCUT2D eigenvalue weighted by Crippen LogP contribution is 2.20. The van der Waals surface area contributed by atoms with Crippen LogP contribution in [0.2, 0.25) is 0 Å². The first-order chi connectivity index (χ1) is 8.25. The molecule has 17 heavy (non-hydrogen) atoms. The number of amides is 2. The normalized spacial score (nSPS) is 21.9. The third kappa shape index (κ3) is 3.58. The minimum absolute atomic E-state index is 0.0160. The van der Waals surface area contributed by atoms with E-state index in [2.05, 4.69) is 11.4 Å². The Hall–Kier alpha value is -1.32. The number of allylic oxidation sites excluding steroid dienone is 1. The smallest absolute Gasteiger partial charge is 0.241 e. The Balaban J connectivity index is 1.82. The number of carbonyl (C=O) groups excluding carboxylic acids is 2. The zero-order valence-electron chi connectivity index (χ0n) is 10.2. The van der Waals surface area contributed by atoms with Gasteiger partial charge < -0.3 is 10.2 Å². The van der Waals surface area contributed by atoms with Crippen molar-refractivity contribution in [3.8, 4) is 0 Å². The molecule has 1 aliphatic carbocycles. The largest absolute Gasteiger partial charge is 0.347 e. The molecule has 0 bridgehead atoms. The topological polar surface area (TPSA) is 49.4 Å². The van der Waals surface area contributed by atoms with Gasteiger partial charge in [0.2, 0.25) is 11.8 Å². The predicted octanol–water partition coefficient (Wildman–Crippen LogP) is 1.23. The third-order valence-corrected chi connectivity index (χ3v) is 3.49. The zero-order valence-corrected chi connectivity index (χ0v) is 10.2. The minimum Gasteiger partial charge on any atom is -0.347 e. The van der Waals surface area contributed by atoms with E-state index in [1.165, 1.54) is 31.3 Å². The summed E-state index contributed by atoms with van der Waals surface area (Å²) in [5.74, 6) is 0.0324. The molecule has 4 nitrogen and oxygen atoms in total. The van der Waals surface area contributed by atoms with E-state index in [1.54, 1.807) is 0 Å². The van der Waals surface area contributed by atoms with Crippen LogP contribution in [-0.2, 0) is 9.59 Å². The highest BCUT2D eigenvalue weighted by molar-refractivity contribution is 5.87. The number of hydrogen-bond acceptors (Lipinski definition) is 2. The van der Waals surface area contributed by atoms with E-state index in [9.17, 15) is 9.59 Å². The molecule has 94 valence electrons. The quantitative estimate of drug-likeness (QED) is 0.749. The van der Waals surface area contributed by atoms with Gasteiger partial charge in [-0.2, -0.15) is 0 Å². The van der Waals surface area contributed by atoms with Gasteiger partial charge in [0.15, 0.2) is 0 Å². The minimum atomic E-state index is -0.0160. The Labute approximate surface area is 102 Å². The molecule has 1 fully saturated rings. The van der Waals surface area contributed by atoms with E-state index < -0.39 is 0 Å². The van der Waals surface area contributed by atoms with Crippen LogP contribution in [0.15, 0.2) is 11.6 Å². The molecule has 0 atom stereocenters. The summed E-state index contributed by atoms with van der Waals surface area (Å²) in [6, 6.07) is 0. The van der Waals surface area contributed by atoms with Crippen LogP contribution in [0.5, 0.6) is 0 Å². The standard InChI is InChI=1S/C13H20N2O2/c16-12-7-9-15(13(17)10-14-12)8-6-11-4-2-1-3-5-11/h4H,1-3,5-10H2,(H,14,16). The summed E-state index contributed by atoms with van der Waals surface area (Å²) in [4.78, 5) is 24.7. The maximum absolute atomic E-state index is 11.7. The number of nitrogens with zero attached hydrogens (tertiary/aromatic N) is 1. The Morgan fingerprint density at radius 1 is 1.24 bits per heavy atom. The molecule has 1 saturated heterocycles. The van der Waals surface area contributed by atoms with E-state index >= 15 is 0 Å². The third-order valence-electron chi connectivity index (χ3n) is 3.49. The van der Waals surface area contributed by atoms with E-state index in [-0.39, 0.29) is 18.4 Å². The zero-order chi connectivity index (χ0) is 12.1. The lowest BCUT2D eigenvalue weighted by Gasteiger charge is -2.21. The molecular weight excluding hydrogens is 216 g/mol. The summed E-state index contributed by atoms with van der Waals surface area (Å²) in [5.41, 5.74) is 1.48. The second-order valence-electron chi connectivity index (χ2n) is 4.77. The Bertz CT molecular complexity index is 336. The average Bonchev–Trinajstić information content (AvgIpc) is 2.52. The second-order valence-corrected chi connectivity index (χ2v) is 4.77. The molecule has 0 aromatic heterocycles. The van der Waals surface area contributed by atoms with Gasteiger partial charge in [-0.15, -0.1) is 0 Å².